The molecule has 0 unspecified atom stereocenters. The number of nitrogens with one attached hydrogen (secondary N) is 1. The topological polar surface area (TPSA) is 48.7 Å². The van der Waals surface area contributed by atoms with Gasteiger partial charge in [0.1, 0.15) is 17.6 Å². The molecule has 2 rings (SSSR count). The van der Waals surface area contributed by atoms with Gasteiger partial charge < -0.3 is 5.32 Å². The summed E-state index contributed by atoms with van der Waals surface area (Å²) in [6.45, 7) is 0. The molecular formula is C13H7F4N3. The van der Waals surface area contributed by atoms with Crippen LogP contribution < -0.4 is 5.32 Å². The third-order valence-electron chi connectivity index (χ3n) is 2.43. The first-order valence-electron chi connectivity index (χ1n) is 5.40. The van der Waals surface area contributed by atoms with Crippen LogP contribution in [-0.2, 0) is 6.18 Å². The molecule has 0 bridgehead atoms. The average molecular weight is 281 g/mol. The molecule has 0 saturated carbocycles. The first-order chi connectivity index (χ1) is 9.40. The monoisotopic (exact) mass is 281 g/mol. The lowest BCUT2D eigenvalue weighted by molar-refractivity contribution is -0.141. The maximum Gasteiger partial charge on any atom is 0.433 e. The van der Waals surface area contributed by atoms with Crippen LogP contribution in [-0.4, -0.2) is 4.98 Å². The lowest BCUT2D eigenvalue weighted by Crippen LogP contribution is -2.07. The van der Waals surface area contributed by atoms with E-state index < -0.39 is 17.7 Å². The molecule has 1 heterocycles. The Bertz CT molecular complexity index is 657. The van der Waals surface area contributed by atoms with E-state index in [4.69, 9.17) is 5.26 Å². The molecule has 1 N–H and O–H groups in total. The predicted octanol–water partition coefficient (Wildman–Crippen LogP) is 3.85. The maximum absolute atomic E-state index is 12.9. The van der Waals surface area contributed by atoms with Crippen LogP contribution in [0.1, 0.15) is 11.3 Å². The summed E-state index contributed by atoms with van der Waals surface area (Å²) in [5.74, 6) is -0.572. The molecule has 0 aliphatic carbocycles. The SMILES string of the molecule is N#Cc1cc(F)ccc1Nc1ccc(C(F)(F)F)nc1. The van der Waals surface area contributed by atoms with E-state index in [2.05, 4.69) is 10.3 Å². The van der Waals surface area contributed by atoms with E-state index in [0.29, 0.717) is 0 Å². The predicted molar refractivity (Wildman–Crippen MR) is 63.6 cm³/mol. The molecule has 1 aromatic heterocycles. The van der Waals surface area contributed by atoms with Crippen molar-refractivity contribution >= 4 is 11.4 Å². The number of aromatic nitrogens is 1. The molecule has 0 saturated heterocycles. The van der Waals surface area contributed by atoms with Gasteiger partial charge in [-0.1, -0.05) is 0 Å². The molecule has 0 aliphatic heterocycles. The minimum absolute atomic E-state index is 0.0462. The number of pyridine rings is 1. The summed E-state index contributed by atoms with van der Waals surface area (Å²) in [4.78, 5) is 3.27. The minimum Gasteiger partial charge on any atom is -0.353 e. The zero-order valence-electron chi connectivity index (χ0n) is 9.87. The summed E-state index contributed by atoms with van der Waals surface area (Å²) in [5, 5.41) is 11.6. The van der Waals surface area contributed by atoms with Crippen molar-refractivity contribution in [3.63, 3.8) is 0 Å². The van der Waals surface area contributed by atoms with Crippen LogP contribution in [0.5, 0.6) is 0 Å². The van der Waals surface area contributed by atoms with Crippen LogP contribution in [0.3, 0.4) is 0 Å². The Morgan fingerprint density at radius 3 is 2.45 bits per heavy atom. The fourth-order valence-corrected chi connectivity index (χ4v) is 1.51. The molecule has 0 aliphatic rings. The van der Waals surface area contributed by atoms with Gasteiger partial charge >= 0.3 is 6.18 Å². The highest BCUT2D eigenvalue weighted by molar-refractivity contribution is 5.65. The van der Waals surface area contributed by atoms with Crippen LogP contribution in [0, 0.1) is 17.1 Å². The summed E-state index contributed by atoms with van der Waals surface area (Å²) < 4.78 is 50.0. The third-order valence-corrected chi connectivity index (χ3v) is 2.43. The van der Waals surface area contributed by atoms with Crippen molar-refractivity contribution in [3.05, 3.63) is 53.6 Å². The zero-order valence-corrected chi connectivity index (χ0v) is 9.87. The van der Waals surface area contributed by atoms with Crippen LogP contribution in [0.15, 0.2) is 36.5 Å². The largest absolute Gasteiger partial charge is 0.433 e. The molecule has 1 aromatic carbocycles. The standard InChI is InChI=1S/C13H7F4N3/c14-9-1-3-11(8(5-9)6-18)20-10-2-4-12(19-7-10)13(15,16)17/h1-5,7,20H. The van der Waals surface area contributed by atoms with Gasteiger partial charge in [-0.15, -0.1) is 0 Å². The van der Waals surface area contributed by atoms with E-state index in [1.165, 1.54) is 12.1 Å². The van der Waals surface area contributed by atoms with Gasteiger partial charge in [-0.25, -0.2) is 9.37 Å². The van der Waals surface area contributed by atoms with Gasteiger partial charge in [0.15, 0.2) is 0 Å². The number of anilines is 2. The number of hydrogen-bond acceptors (Lipinski definition) is 3. The Balaban J connectivity index is 2.25. The Kier molecular flexibility index (Phi) is 3.57. The second kappa shape index (κ2) is 5.17. The summed E-state index contributed by atoms with van der Waals surface area (Å²) >= 11 is 0. The van der Waals surface area contributed by atoms with E-state index >= 15 is 0 Å². The van der Waals surface area contributed by atoms with Crippen LogP contribution in [0.25, 0.3) is 0 Å². The van der Waals surface area contributed by atoms with Crippen LogP contribution in [0.4, 0.5) is 28.9 Å². The molecule has 0 spiro atoms. The molecule has 102 valence electrons. The quantitative estimate of drug-likeness (QED) is 0.850. The van der Waals surface area contributed by atoms with Gasteiger partial charge in [0.2, 0.25) is 0 Å². The second-order valence-corrected chi connectivity index (χ2v) is 3.86. The number of nitriles is 1. The van der Waals surface area contributed by atoms with E-state index in [-0.39, 0.29) is 16.9 Å². The first-order valence-corrected chi connectivity index (χ1v) is 5.40. The number of alkyl halides is 3. The van der Waals surface area contributed by atoms with E-state index in [0.717, 1.165) is 24.4 Å². The molecule has 0 amide bonds. The molecule has 2 aromatic rings. The third kappa shape index (κ3) is 3.03. The van der Waals surface area contributed by atoms with Gasteiger partial charge in [0.05, 0.1) is 23.1 Å². The van der Waals surface area contributed by atoms with Crippen molar-refractivity contribution in [1.82, 2.24) is 4.98 Å². The van der Waals surface area contributed by atoms with Crippen molar-refractivity contribution < 1.29 is 17.6 Å². The number of halogens is 4. The summed E-state index contributed by atoms with van der Waals surface area (Å²) in [6.07, 6.45) is -3.51. The van der Waals surface area contributed by atoms with Crippen molar-refractivity contribution in [1.29, 1.82) is 5.26 Å². The number of rotatable bonds is 2. The molecule has 0 atom stereocenters. The minimum atomic E-state index is -4.51. The fraction of sp³-hybridized carbons (Fsp3) is 0.0769. The maximum atomic E-state index is 12.9. The second-order valence-electron chi connectivity index (χ2n) is 3.86. The molecule has 0 radical (unpaired) electrons. The molecular weight excluding hydrogens is 274 g/mol. The Hall–Kier alpha value is -2.62. The highest BCUT2D eigenvalue weighted by atomic mass is 19.4. The van der Waals surface area contributed by atoms with Gasteiger partial charge in [0, 0.05) is 0 Å². The molecule has 7 heteroatoms. The van der Waals surface area contributed by atoms with Crippen LogP contribution in [0.2, 0.25) is 0 Å². The Morgan fingerprint density at radius 2 is 1.90 bits per heavy atom. The number of hydrogen-bond donors (Lipinski definition) is 1. The average Bonchev–Trinajstić information content (AvgIpc) is 2.40. The number of nitrogens with zero attached hydrogens (tertiary/aromatic N) is 2. The number of benzene rings is 1. The van der Waals surface area contributed by atoms with Crippen molar-refractivity contribution in [2.24, 2.45) is 0 Å². The van der Waals surface area contributed by atoms with Crippen molar-refractivity contribution in [2.45, 2.75) is 6.18 Å². The van der Waals surface area contributed by atoms with Crippen molar-refractivity contribution in [3.8, 4) is 6.07 Å². The van der Waals surface area contributed by atoms with E-state index in [1.807, 2.05) is 0 Å². The molecule has 3 nitrogen and oxygen atoms in total. The van der Waals surface area contributed by atoms with Crippen LogP contribution >= 0.6 is 0 Å². The normalized spacial score (nSPS) is 10.9. The highest BCUT2D eigenvalue weighted by Gasteiger charge is 2.32. The fourth-order valence-electron chi connectivity index (χ4n) is 1.51. The van der Waals surface area contributed by atoms with E-state index in [9.17, 15) is 17.6 Å². The van der Waals surface area contributed by atoms with Gasteiger partial charge in [-0.05, 0) is 30.3 Å². The van der Waals surface area contributed by atoms with Gasteiger partial charge in [-0.2, -0.15) is 18.4 Å². The Morgan fingerprint density at radius 1 is 1.15 bits per heavy atom. The molecule has 0 fully saturated rings. The molecule has 20 heavy (non-hydrogen) atoms. The lowest BCUT2D eigenvalue weighted by Gasteiger charge is -2.09. The first kappa shape index (κ1) is 13.8. The van der Waals surface area contributed by atoms with Gasteiger partial charge in [-0.3, -0.25) is 0 Å². The van der Waals surface area contributed by atoms with Crippen molar-refractivity contribution in [2.75, 3.05) is 5.32 Å². The Labute approximate surface area is 111 Å². The summed E-state index contributed by atoms with van der Waals surface area (Å²) in [5.41, 5.74) is -0.413. The van der Waals surface area contributed by atoms with Gasteiger partial charge in [0.25, 0.3) is 0 Å². The summed E-state index contributed by atoms with van der Waals surface area (Å²) in [6, 6.07) is 7.28. The lowest BCUT2D eigenvalue weighted by atomic mass is 10.2. The van der Waals surface area contributed by atoms with E-state index in [1.54, 1.807) is 6.07 Å². The summed E-state index contributed by atoms with van der Waals surface area (Å²) in [7, 11) is 0. The smallest absolute Gasteiger partial charge is 0.353 e. The zero-order chi connectivity index (χ0) is 14.8. The highest BCUT2D eigenvalue weighted by Crippen LogP contribution is 2.28.